The fraction of sp³-hybridized carbons (Fsp3) is 0.667. The molecule has 0 bridgehead atoms. The lowest BCUT2D eigenvalue weighted by atomic mass is 10.3. The van der Waals surface area contributed by atoms with Crippen molar-refractivity contribution in [2.24, 2.45) is 0 Å². The Morgan fingerprint density at radius 3 is 2.67 bits per heavy atom. The zero-order valence-corrected chi connectivity index (χ0v) is 15.2. The first-order valence-corrected chi connectivity index (χ1v) is 9.29. The van der Waals surface area contributed by atoms with Crippen molar-refractivity contribution in [3.8, 4) is 0 Å². The van der Waals surface area contributed by atoms with Gasteiger partial charge in [-0.05, 0) is 51.9 Å². The van der Waals surface area contributed by atoms with Crippen molar-refractivity contribution in [1.29, 1.82) is 0 Å². The number of hydrogen-bond acceptors (Lipinski definition) is 5. The summed E-state index contributed by atoms with van der Waals surface area (Å²) >= 11 is 0. The number of aromatic nitrogens is 3. The van der Waals surface area contributed by atoms with Crippen LogP contribution in [0.5, 0.6) is 0 Å². The van der Waals surface area contributed by atoms with Gasteiger partial charge in [0.25, 0.3) is 0 Å². The van der Waals surface area contributed by atoms with E-state index in [-0.39, 0.29) is 0 Å². The summed E-state index contributed by atoms with van der Waals surface area (Å²) in [6, 6.07) is 2.13. The number of H-pyrrole nitrogens is 1. The molecule has 0 unspecified atom stereocenters. The number of anilines is 2. The van der Waals surface area contributed by atoms with E-state index in [4.69, 9.17) is 9.97 Å². The van der Waals surface area contributed by atoms with Gasteiger partial charge in [0, 0.05) is 25.3 Å². The van der Waals surface area contributed by atoms with Crippen molar-refractivity contribution >= 4 is 22.8 Å². The van der Waals surface area contributed by atoms with Crippen molar-refractivity contribution in [2.45, 2.75) is 40.0 Å². The first kappa shape index (κ1) is 17.0. The molecule has 6 nitrogen and oxygen atoms in total. The molecule has 0 aliphatic carbocycles. The summed E-state index contributed by atoms with van der Waals surface area (Å²) in [5.41, 5.74) is 2.07. The first-order valence-electron chi connectivity index (χ1n) is 9.29. The van der Waals surface area contributed by atoms with Crippen LogP contribution in [0, 0.1) is 6.92 Å². The minimum atomic E-state index is 0.855. The molecule has 132 valence electrons. The van der Waals surface area contributed by atoms with Gasteiger partial charge < -0.3 is 20.1 Å². The van der Waals surface area contributed by atoms with E-state index in [1.54, 1.807) is 0 Å². The standard InChI is InChI=1S/C18H30N6/c1-4-23(5-2)10-8-9-19-16-15-13-14(3)20-17(15)22-18(21-16)24-11-6-7-12-24/h13H,4-12H2,1-3H3,(H2,19,20,21,22). The van der Waals surface area contributed by atoms with Gasteiger partial charge in [-0.1, -0.05) is 13.8 Å². The van der Waals surface area contributed by atoms with Gasteiger partial charge in [-0.15, -0.1) is 0 Å². The molecule has 1 aliphatic heterocycles. The largest absolute Gasteiger partial charge is 0.369 e. The summed E-state index contributed by atoms with van der Waals surface area (Å²) in [6.45, 7) is 12.9. The maximum absolute atomic E-state index is 4.82. The molecule has 24 heavy (non-hydrogen) atoms. The normalized spacial score (nSPS) is 14.9. The van der Waals surface area contributed by atoms with Gasteiger partial charge in [0.2, 0.25) is 5.95 Å². The second kappa shape index (κ2) is 7.83. The van der Waals surface area contributed by atoms with E-state index in [9.17, 15) is 0 Å². The fourth-order valence-corrected chi connectivity index (χ4v) is 3.37. The van der Waals surface area contributed by atoms with Crippen LogP contribution in [0.15, 0.2) is 6.07 Å². The fourth-order valence-electron chi connectivity index (χ4n) is 3.37. The molecule has 0 radical (unpaired) electrons. The SMILES string of the molecule is CCN(CC)CCCNc1nc(N2CCCC2)nc2[nH]c(C)cc12. The Balaban J connectivity index is 1.72. The van der Waals surface area contributed by atoms with Gasteiger partial charge >= 0.3 is 0 Å². The van der Waals surface area contributed by atoms with Gasteiger partial charge in [0.15, 0.2) is 0 Å². The average Bonchev–Trinajstić information content (AvgIpc) is 3.23. The molecule has 0 aromatic carbocycles. The van der Waals surface area contributed by atoms with Crippen LogP contribution >= 0.6 is 0 Å². The Kier molecular flexibility index (Phi) is 5.56. The lowest BCUT2D eigenvalue weighted by Crippen LogP contribution is -2.25. The van der Waals surface area contributed by atoms with Crippen LogP contribution in [0.3, 0.4) is 0 Å². The Morgan fingerprint density at radius 1 is 1.21 bits per heavy atom. The lowest BCUT2D eigenvalue weighted by Gasteiger charge is -2.19. The number of nitrogens with one attached hydrogen (secondary N) is 2. The van der Waals surface area contributed by atoms with Crippen molar-refractivity contribution in [2.75, 3.05) is 49.5 Å². The van der Waals surface area contributed by atoms with Crippen molar-refractivity contribution in [1.82, 2.24) is 19.9 Å². The average molecular weight is 330 g/mol. The van der Waals surface area contributed by atoms with Crippen LogP contribution in [-0.2, 0) is 0 Å². The van der Waals surface area contributed by atoms with Crippen molar-refractivity contribution < 1.29 is 0 Å². The minimum absolute atomic E-state index is 0.855. The number of aryl methyl sites for hydroxylation is 1. The summed E-state index contributed by atoms with van der Waals surface area (Å²) < 4.78 is 0. The van der Waals surface area contributed by atoms with E-state index in [1.807, 2.05) is 0 Å². The molecular weight excluding hydrogens is 300 g/mol. The summed E-state index contributed by atoms with van der Waals surface area (Å²) in [7, 11) is 0. The quantitative estimate of drug-likeness (QED) is 0.729. The predicted octanol–water partition coefficient (Wildman–Crippen LogP) is 3.01. The number of rotatable bonds is 8. The molecule has 0 amide bonds. The van der Waals surface area contributed by atoms with Gasteiger partial charge in [0.05, 0.1) is 5.39 Å². The zero-order valence-electron chi connectivity index (χ0n) is 15.2. The van der Waals surface area contributed by atoms with Gasteiger partial charge in [-0.3, -0.25) is 0 Å². The lowest BCUT2D eigenvalue weighted by molar-refractivity contribution is 0.303. The van der Waals surface area contributed by atoms with Crippen LogP contribution in [0.4, 0.5) is 11.8 Å². The number of nitrogens with zero attached hydrogens (tertiary/aromatic N) is 4. The van der Waals surface area contributed by atoms with E-state index >= 15 is 0 Å². The number of hydrogen-bond donors (Lipinski definition) is 2. The van der Waals surface area contributed by atoms with E-state index in [0.29, 0.717) is 0 Å². The molecular formula is C18H30N6. The topological polar surface area (TPSA) is 60.1 Å². The zero-order chi connectivity index (χ0) is 16.9. The van der Waals surface area contributed by atoms with Crippen LogP contribution < -0.4 is 10.2 Å². The molecule has 0 saturated carbocycles. The second-order valence-electron chi connectivity index (χ2n) is 6.59. The number of aromatic amines is 1. The Hall–Kier alpha value is -1.82. The second-order valence-corrected chi connectivity index (χ2v) is 6.59. The van der Waals surface area contributed by atoms with E-state index in [2.05, 4.69) is 46.9 Å². The Labute approximate surface area is 144 Å². The van der Waals surface area contributed by atoms with Crippen molar-refractivity contribution in [3.05, 3.63) is 11.8 Å². The molecule has 2 N–H and O–H groups in total. The summed E-state index contributed by atoms with van der Waals surface area (Å²) in [6.07, 6.45) is 3.59. The van der Waals surface area contributed by atoms with Crippen LogP contribution in [0.2, 0.25) is 0 Å². The maximum atomic E-state index is 4.82. The molecule has 3 heterocycles. The smallest absolute Gasteiger partial charge is 0.229 e. The molecule has 3 rings (SSSR count). The van der Waals surface area contributed by atoms with E-state index in [0.717, 1.165) is 74.2 Å². The third-order valence-electron chi connectivity index (χ3n) is 4.84. The third-order valence-corrected chi connectivity index (χ3v) is 4.84. The predicted molar refractivity (Wildman–Crippen MR) is 101 cm³/mol. The molecule has 2 aromatic heterocycles. The highest BCUT2D eigenvalue weighted by molar-refractivity contribution is 5.89. The van der Waals surface area contributed by atoms with Crippen molar-refractivity contribution in [3.63, 3.8) is 0 Å². The first-order chi connectivity index (χ1) is 11.7. The molecule has 0 spiro atoms. The number of fused-ring (bicyclic) bond motifs is 1. The van der Waals surface area contributed by atoms with Crippen LogP contribution in [0.25, 0.3) is 11.0 Å². The third kappa shape index (κ3) is 3.80. The summed E-state index contributed by atoms with van der Waals surface area (Å²) in [5, 5.41) is 4.64. The Morgan fingerprint density at radius 2 is 1.96 bits per heavy atom. The molecule has 1 fully saturated rings. The van der Waals surface area contributed by atoms with Crippen LogP contribution in [-0.4, -0.2) is 59.1 Å². The molecule has 6 heteroatoms. The molecule has 0 atom stereocenters. The monoisotopic (exact) mass is 330 g/mol. The molecule has 1 aliphatic rings. The van der Waals surface area contributed by atoms with Gasteiger partial charge in [0.1, 0.15) is 11.5 Å². The highest BCUT2D eigenvalue weighted by atomic mass is 15.3. The Bertz CT molecular complexity index is 655. The summed E-state index contributed by atoms with van der Waals surface area (Å²) in [4.78, 5) is 17.7. The van der Waals surface area contributed by atoms with Crippen LogP contribution in [0.1, 0.15) is 38.8 Å². The van der Waals surface area contributed by atoms with E-state index < -0.39 is 0 Å². The minimum Gasteiger partial charge on any atom is -0.369 e. The highest BCUT2D eigenvalue weighted by Crippen LogP contribution is 2.25. The molecule has 2 aromatic rings. The van der Waals surface area contributed by atoms with Gasteiger partial charge in [-0.2, -0.15) is 9.97 Å². The summed E-state index contributed by atoms with van der Waals surface area (Å²) in [5.74, 6) is 1.82. The van der Waals surface area contributed by atoms with E-state index in [1.165, 1.54) is 12.8 Å². The highest BCUT2D eigenvalue weighted by Gasteiger charge is 2.18. The maximum Gasteiger partial charge on any atom is 0.229 e. The van der Waals surface area contributed by atoms with Gasteiger partial charge in [-0.25, -0.2) is 0 Å². The molecule has 1 saturated heterocycles.